The molecule has 0 aliphatic heterocycles. The molecule has 0 radical (unpaired) electrons. The van der Waals surface area contributed by atoms with Gasteiger partial charge in [0.25, 0.3) is 0 Å². The van der Waals surface area contributed by atoms with Crippen LogP contribution in [-0.4, -0.2) is 16.1 Å². The van der Waals surface area contributed by atoms with E-state index in [0.717, 1.165) is 5.56 Å². The number of carbonyl (C=O) groups is 1. The molecular weight excluding hydrogens is 257 g/mol. The van der Waals surface area contributed by atoms with Crippen LogP contribution in [0.5, 0.6) is 0 Å². The molecule has 20 heavy (non-hydrogen) atoms. The normalized spacial score (nSPS) is 10.7. The fraction of sp³-hybridized carbons (Fsp3) is 0. The summed E-state index contributed by atoms with van der Waals surface area (Å²) >= 11 is 0. The van der Waals surface area contributed by atoms with Gasteiger partial charge < -0.3 is 5.11 Å². The Morgan fingerprint density at radius 3 is 2.65 bits per heavy atom. The van der Waals surface area contributed by atoms with Gasteiger partial charge in [-0.3, -0.25) is 4.98 Å². The monoisotopic (exact) mass is 267 g/mol. The second-order valence-corrected chi connectivity index (χ2v) is 4.45. The number of rotatable bonds is 2. The lowest BCUT2D eigenvalue weighted by Gasteiger charge is -2.04. The van der Waals surface area contributed by atoms with Crippen LogP contribution in [0, 0.1) is 5.82 Å². The van der Waals surface area contributed by atoms with E-state index in [4.69, 9.17) is 5.11 Å². The number of aromatic nitrogens is 1. The van der Waals surface area contributed by atoms with Crippen molar-refractivity contribution in [1.29, 1.82) is 0 Å². The highest BCUT2D eigenvalue weighted by atomic mass is 19.1. The van der Waals surface area contributed by atoms with E-state index in [1.54, 1.807) is 30.5 Å². The summed E-state index contributed by atoms with van der Waals surface area (Å²) in [6.07, 6.45) is 1.65. The fourth-order valence-electron chi connectivity index (χ4n) is 2.09. The van der Waals surface area contributed by atoms with Crippen molar-refractivity contribution in [2.24, 2.45) is 0 Å². The van der Waals surface area contributed by atoms with E-state index in [1.807, 2.05) is 6.07 Å². The molecule has 1 heterocycles. The smallest absolute Gasteiger partial charge is 0.335 e. The van der Waals surface area contributed by atoms with Crippen LogP contribution in [0.4, 0.5) is 4.39 Å². The van der Waals surface area contributed by atoms with Crippen LogP contribution in [0.3, 0.4) is 0 Å². The minimum absolute atomic E-state index is 0.204. The first kappa shape index (κ1) is 12.3. The molecule has 0 fully saturated rings. The van der Waals surface area contributed by atoms with Crippen LogP contribution in [0.1, 0.15) is 10.4 Å². The Kier molecular flexibility index (Phi) is 2.91. The molecule has 0 spiro atoms. The van der Waals surface area contributed by atoms with Crippen LogP contribution in [0.2, 0.25) is 0 Å². The van der Waals surface area contributed by atoms with E-state index in [1.165, 1.54) is 18.2 Å². The van der Waals surface area contributed by atoms with Crippen LogP contribution in [0.25, 0.3) is 22.0 Å². The molecule has 3 nitrogen and oxygen atoms in total. The number of fused-ring (bicyclic) bond motifs is 1. The van der Waals surface area contributed by atoms with Gasteiger partial charge in [-0.2, -0.15) is 0 Å². The molecular formula is C16H10FNO2. The van der Waals surface area contributed by atoms with Crippen molar-refractivity contribution in [2.75, 3.05) is 0 Å². The van der Waals surface area contributed by atoms with E-state index >= 15 is 0 Å². The lowest BCUT2D eigenvalue weighted by Crippen LogP contribution is -1.95. The zero-order chi connectivity index (χ0) is 14.1. The molecule has 0 unspecified atom stereocenters. The van der Waals surface area contributed by atoms with Gasteiger partial charge in [-0.15, -0.1) is 0 Å². The second-order valence-electron chi connectivity index (χ2n) is 4.45. The summed E-state index contributed by atoms with van der Waals surface area (Å²) < 4.78 is 13.2. The third kappa shape index (κ3) is 2.23. The average Bonchev–Trinajstić information content (AvgIpc) is 2.46. The minimum atomic E-state index is -0.983. The van der Waals surface area contributed by atoms with Gasteiger partial charge in [-0.25, -0.2) is 9.18 Å². The molecule has 0 amide bonds. The number of carboxylic acids is 1. The molecule has 3 aromatic rings. The van der Waals surface area contributed by atoms with Gasteiger partial charge >= 0.3 is 5.97 Å². The Morgan fingerprint density at radius 1 is 1.05 bits per heavy atom. The molecule has 0 saturated heterocycles. The third-order valence-corrected chi connectivity index (χ3v) is 3.09. The molecule has 4 heteroatoms. The first-order chi connectivity index (χ1) is 9.63. The van der Waals surface area contributed by atoms with Gasteiger partial charge in [0.15, 0.2) is 0 Å². The molecule has 2 aromatic carbocycles. The maximum absolute atomic E-state index is 13.2. The highest BCUT2D eigenvalue weighted by Gasteiger charge is 2.06. The van der Waals surface area contributed by atoms with Crippen molar-refractivity contribution in [3.63, 3.8) is 0 Å². The van der Waals surface area contributed by atoms with Crippen LogP contribution in [-0.2, 0) is 0 Å². The summed E-state index contributed by atoms with van der Waals surface area (Å²) in [7, 11) is 0. The van der Waals surface area contributed by atoms with Gasteiger partial charge in [0.1, 0.15) is 5.82 Å². The Labute approximate surface area is 114 Å². The van der Waals surface area contributed by atoms with Gasteiger partial charge in [-0.05, 0) is 42.0 Å². The summed E-state index contributed by atoms with van der Waals surface area (Å²) in [6.45, 7) is 0. The van der Waals surface area contributed by atoms with Crippen molar-refractivity contribution < 1.29 is 14.3 Å². The molecule has 1 aromatic heterocycles. The number of hydrogen-bond acceptors (Lipinski definition) is 2. The van der Waals surface area contributed by atoms with Crippen molar-refractivity contribution in [3.8, 4) is 11.1 Å². The lowest BCUT2D eigenvalue weighted by molar-refractivity contribution is 0.0697. The predicted molar refractivity (Wildman–Crippen MR) is 74.1 cm³/mol. The summed E-state index contributed by atoms with van der Waals surface area (Å²) in [4.78, 5) is 15.2. The van der Waals surface area contributed by atoms with Gasteiger partial charge in [-0.1, -0.05) is 12.1 Å². The minimum Gasteiger partial charge on any atom is -0.478 e. The van der Waals surface area contributed by atoms with Gasteiger partial charge in [0, 0.05) is 17.1 Å². The van der Waals surface area contributed by atoms with E-state index in [9.17, 15) is 9.18 Å². The Morgan fingerprint density at radius 2 is 1.90 bits per heavy atom. The second kappa shape index (κ2) is 4.74. The van der Waals surface area contributed by atoms with Gasteiger partial charge in [0.2, 0.25) is 0 Å². The number of aromatic carboxylic acids is 1. The Balaban J connectivity index is 2.16. The molecule has 98 valence electrons. The summed E-state index contributed by atoms with van der Waals surface area (Å²) in [5.41, 5.74) is 2.37. The fourth-order valence-corrected chi connectivity index (χ4v) is 2.09. The molecule has 0 aliphatic rings. The number of hydrogen-bond donors (Lipinski definition) is 1. The molecule has 1 N–H and O–H groups in total. The number of carboxylic acid groups (broad SMARTS) is 1. The quantitative estimate of drug-likeness (QED) is 0.769. The zero-order valence-corrected chi connectivity index (χ0v) is 10.4. The van der Waals surface area contributed by atoms with Crippen molar-refractivity contribution in [3.05, 3.63) is 66.1 Å². The number of halogens is 1. The molecule has 0 bridgehead atoms. The largest absolute Gasteiger partial charge is 0.478 e. The average molecular weight is 267 g/mol. The van der Waals surface area contributed by atoms with E-state index < -0.39 is 5.97 Å². The summed E-state index contributed by atoms with van der Waals surface area (Å²) in [6, 6.07) is 12.8. The summed E-state index contributed by atoms with van der Waals surface area (Å²) in [5, 5.41) is 9.71. The van der Waals surface area contributed by atoms with Gasteiger partial charge in [0.05, 0.1) is 11.1 Å². The number of nitrogens with zero attached hydrogens (tertiary/aromatic N) is 1. The number of benzene rings is 2. The highest BCUT2D eigenvalue weighted by Crippen LogP contribution is 2.24. The number of pyridine rings is 1. The molecule has 3 rings (SSSR count). The zero-order valence-electron chi connectivity index (χ0n) is 10.4. The van der Waals surface area contributed by atoms with Crippen LogP contribution >= 0.6 is 0 Å². The third-order valence-electron chi connectivity index (χ3n) is 3.09. The Bertz CT molecular complexity index is 814. The standard InChI is InChI=1S/C16H10FNO2/c17-14-3-1-2-10(8-14)13-7-12-6-11(16(19)20)4-5-15(12)18-9-13/h1-9H,(H,19,20). The maximum Gasteiger partial charge on any atom is 0.335 e. The molecule has 0 saturated carbocycles. The Hall–Kier alpha value is -2.75. The van der Waals surface area contributed by atoms with E-state index in [0.29, 0.717) is 16.5 Å². The van der Waals surface area contributed by atoms with Crippen LogP contribution in [0.15, 0.2) is 54.7 Å². The topological polar surface area (TPSA) is 50.2 Å². The van der Waals surface area contributed by atoms with E-state index in [2.05, 4.69) is 4.98 Å². The van der Waals surface area contributed by atoms with Crippen molar-refractivity contribution in [1.82, 2.24) is 4.98 Å². The molecule has 0 atom stereocenters. The summed E-state index contributed by atoms with van der Waals surface area (Å²) in [5.74, 6) is -1.30. The van der Waals surface area contributed by atoms with E-state index in [-0.39, 0.29) is 11.4 Å². The van der Waals surface area contributed by atoms with Crippen molar-refractivity contribution in [2.45, 2.75) is 0 Å². The van der Waals surface area contributed by atoms with Crippen molar-refractivity contribution >= 4 is 16.9 Å². The SMILES string of the molecule is O=C(O)c1ccc2ncc(-c3cccc(F)c3)cc2c1. The maximum atomic E-state index is 13.2. The van der Waals surface area contributed by atoms with Crippen LogP contribution < -0.4 is 0 Å². The first-order valence-electron chi connectivity index (χ1n) is 6.02. The highest BCUT2D eigenvalue weighted by molar-refractivity contribution is 5.94. The first-order valence-corrected chi connectivity index (χ1v) is 6.02. The lowest BCUT2D eigenvalue weighted by atomic mass is 10.0. The predicted octanol–water partition coefficient (Wildman–Crippen LogP) is 3.74. The molecule has 0 aliphatic carbocycles.